The van der Waals surface area contributed by atoms with Crippen molar-refractivity contribution in [3.05, 3.63) is 182 Å². The van der Waals surface area contributed by atoms with Crippen molar-refractivity contribution >= 4 is 74.6 Å². The summed E-state index contributed by atoms with van der Waals surface area (Å²) in [6.07, 6.45) is 0. The predicted molar refractivity (Wildman–Crippen MR) is 223 cm³/mol. The van der Waals surface area contributed by atoms with Crippen LogP contribution in [0.15, 0.2) is 192 Å². The highest BCUT2D eigenvalue weighted by Gasteiger charge is 2.77. The molecule has 6 heteroatoms. The van der Waals surface area contributed by atoms with Gasteiger partial charge in [-0.1, -0.05) is 205 Å². The zero-order valence-corrected chi connectivity index (χ0v) is 33.9. The summed E-state index contributed by atoms with van der Waals surface area (Å²) in [4.78, 5) is 2.82. The normalized spacial score (nSPS) is 20.5. The first kappa shape index (κ1) is 33.4. The second kappa shape index (κ2) is 13.7. The summed E-state index contributed by atoms with van der Waals surface area (Å²) in [6, 6.07) is 70.7. The van der Waals surface area contributed by atoms with E-state index in [0.717, 1.165) is 0 Å². The molecule has 7 rings (SSSR count). The summed E-state index contributed by atoms with van der Waals surface area (Å²) in [5.74, 6) is 0. The largest absolute Gasteiger partial charge is 0.132 e. The van der Waals surface area contributed by atoms with Crippen LogP contribution in [-0.2, 0) is 0 Å². The summed E-state index contributed by atoms with van der Waals surface area (Å²) in [7, 11) is -9.60. The van der Waals surface area contributed by atoms with Crippen LogP contribution in [0.2, 0.25) is 26.2 Å². The molecular formula is C42H44S2Si4. The Kier molecular flexibility index (Phi) is 9.50. The third kappa shape index (κ3) is 5.32. The van der Waals surface area contributed by atoms with E-state index in [0.29, 0.717) is 8.99 Å². The zero-order chi connectivity index (χ0) is 33.2. The van der Waals surface area contributed by atoms with E-state index >= 15 is 0 Å². The third-order valence-corrected chi connectivity index (χ3v) is 67.2. The molecule has 0 aromatic heterocycles. The van der Waals surface area contributed by atoms with E-state index in [9.17, 15) is 0 Å². The number of thioether (sulfide) groups is 2. The molecule has 0 N–H and O–H groups in total. The average molecular weight is 725 g/mol. The average Bonchev–Trinajstić information content (AvgIpc) is 3.14. The van der Waals surface area contributed by atoms with Crippen LogP contribution in [0.3, 0.4) is 0 Å². The molecule has 2 atom stereocenters. The van der Waals surface area contributed by atoms with E-state index < -0.39 is 30.4 Å². The maximum Gasteiger partial charge on any atom is 0.132 e. The molecule has 0 amide bonds. The molecule has 240 valence electrons. The maximum absolute atomic E-state index is 2.81. The smallest absolute Gasteiger partial charge is 0.129 e. The fourth-order valence-electron chi connectivity index (χ4n) is 8.57. The minimum atomic E-state index is -2.77. The molecule has 0 radical (unpaired) electrons. The number of hydrogen-bond acceptors (Lipinski definition) is 2. The molecule has 1 fully saturated rings. The second-order valence-corrected chi connectivity index (χ2v) is 46.5. The quantitative estimate of drug-likeness (QED) is 0.144. The Bertz CT molecular complexity index is 1700. The fraction of sp³-hybridized carbons (Fsp3) is 0.143. The molecular weight excluding hydrogens is 681 g/mol. The Hall–Kier alpha value is -3.11. The van der Waals surface area contributed by atoms with Gasteiger partial charge in [-0.3, -0.25) is 0 Å². The molecule has 0 nitrogen and oxygen atoms in total. The third-order valence-electron chi connectivity index (χ3n) is 11.3. The first-order chi connectivity index (χ1) is 23.3. The lowest BCUT2D eigenvalue weighted by Crippen LogP contribution is -3.02. The van der Waals surface area contributed by atoms with E-state index in [1.54, 1.807) is 20.7 Å². The van der Waals surface area contributed by atoms with Crippen molar-refractivity contribution in [2.24, 2.45) is 0 Å². The van der Waals surface area contributed by atoms with Crippen LogP contribution in [0, 0.1) is 0 Å². The highest BCUT2D eigenvalue weighted by molar-refractivity contribution is 8.11. The Labute approximate surface area is 299 Å². The molecule has 6 aromatic rings. The van der Waals surface area contributed by atoms with Gasteiger partial charge >= 0.3 is 0 Å². The van der Waals surface area contributed by atoms with Crippen molar-refractivity contribution in [3.63, 3.8) is 0 Å². The minimum Gasteiger partial charge on any atom is -0.129 e. The molecule has 2 unspecified atom stereocenters. The summed E-state index contributed by atoms with van der Waals surface area (Å²) in [5.41, 5.74) is 0. The Balaban J connectivity index is 1.74. The van der Waals surface area contributed by atoms with Gasteiger partial charge in [0, 0.05) is 18.8 Å². The lowest BCUT2D eigenvalue weighted by molar-refractivity contribution is 1.40. The summed E-state index contributed by atoms with van der Waals surface area (Å²) in [6.45, 7) is 11.2. The maximum atomic E-state index is 2.81. The van der Waals surface area contributed by atoms with Crippen molar-refractivity contribution in [2.75, 3.05) is 0 Å². The first-order valence-corrected chi connectivity index (χ1v) is 31.1. The molecule has 0 bridgehead atoms. The van der Waals surface area contributed by atoms with Crippen molar-refractivity contribution in [2.45, 2.75) is 45.0 Å². The SMILES string of the molecule is C[Si]1(C)C(Sc2ccccc2)[Si](c2ccccc2)(c2ccccc2)[Si](c2ccccc2)(c2ccccc2)C(Sc2ccccc2)[Si]1(C)C. The van der Waals surface area contributed by atoms with Gasteiger partial charge in [-0.05, 0) is 24.3 Å². The van der Waals surface area contributed by atoms with Gasteiger partial charge in [0.05, 0.1) is 15.2 Å². The highest BCUT2D eigenvalue weighted by atomic mass is 32.2. The Morgan fingerprint density at radius 1 is 0.312 bits per heavy atom. The summed E-state index contributed by atoms with van der Waals surface area (Å²) >= 11 is 4.51. The number of benzene rings is 6. The minimum absolute atomic E-state index is 0.526. The van der Waals surface area contributed by atoms with Crippen LogP contribution in [0.5, 0.6) is 0 Å². The fourth-order valence-corrected chi connectivity index (χ4v) is 84.9. The molecule has 6 aromatic carbocycles. The van der Waals surface area contributed by atoms with Gasteiger partial charge < -0.3 is 0 Å². The second-order valence-electron chi connectivity index (χ2n) is 14.1. The van der Waals surface area contributed by atoms with E-state index in [2.05, 4.69) is 232 Å². The molecule has 1 heterocycles. The standard InChI is InChI=1S/C42H44S2Si4/c1-45(2)41(43-35-23-11-5-12-24-35)47(37-27-15-7-16-28-37,38-29-17-8-18-30-38)48(39-31-19-9-20-32-39,40-33-21-10-22-34-40)42(46(45,3)4)44-36-25-13-6-14-26-36/h5-34,41-42H,1-4H3. The van der Waals surface area contributed by atoms with Crippen molar-refractivity contribution < 1.29 is 0 Å². The monoisotopic (exact) mass is 724 g/mol. The molecule has 0 aliphatic carbocycles. The van der Waals surface area contributed by atoms with Crippen LogP contribution in [-0.4, -0.2) is 39.4 Å². The van der Waals surface area contributed by atoms with Crippen LogP contribution >= 0.6 is 23.5 Å². The number of rotatable bonds is 8. The van der Waals surface area contributed by atoms with Crippen molar-refractivity contribution in [3.8, 4) is 0 Å². The molecule has 1 saturated heterocycles. The van der Waals surface area contributed by atoms with Crippen LogP contribution in [0.1, 0.15) is 0 Å². The van der Waals surface area contributed by atoms with E-state index in [1.165, 1.54) is 9.79 Å². The molecule has 1 aliphatic rings. The molecule has 0 saturated carbocycles. The van der Waals surface area contributed by atoms with Crippen LogP contribution in [0.25, 0.3) is 0 Å². The predicted octanol–water partition coefficient (Wildman–Crippen LogP) is 8.58. The van der Waals surface area contributed by atoms with Crippen LogP contribution in [0.4, 0.5) is 0 Å². The molecule has 1 aliphatic heterocycles. The van der Waals surface area contributed by atoms with Gasteiger partial charge in [-0.25, -0.2) is 0 Å². The first-order valence-electron chi connectivity index (χ1n) is 17.0. The van der Waals surface area contributed by atoms with Crippen molar-refractivity contribution in [1.29, 1.82) is 0 Å². The highest BCUT2D eigenvalue weighted by Crippen LogP contribution is 2.53. The van der Waals surface area contributed by atoms with Gasteiger partial charge in [0.15, 0.2) is 0 Å². The lowest BCUT2D eigenvalue weighted by Gasteiger charge is -2.68. The van der Waals surface area contributed by atoms with Gasteiger partial charge in [-0.15, -0.1) is 23.5 Å². The van der Waals surface area contributed by atoms with E-state index in [4.69, 9.17) is 0 Å². The van der Waals surface area contributed by atoms with Crippen molar-refractivity contribution in [1.82, 2.24) is 0 Å². The molecule has 48 heavy (non-hydrogen) atoms. The van der Waals surface area contributed by atoms with Gasteiger partial charge in [0.2, 0.25) is 0 Å². The Morgan fingerprint density at radius 3 is 0.750 bits per heavy atom. The van der Waals surface area contributed by atoms with Crippen LogP contribution < -0.4 is 20.7 Å². The topological polar surface area (TPSA) is 0 Å². The van der Waals surface area contributed by atoms with Gasteiger partial charge in [-0.2, -0.15) is 0 Å². The summed E-state index contributed by atoms with van der Waals surface area (Å²) in [5, 5.41) is 6.42. The van der Waals surface area contributed by atoms with E-state index in [1.807, 2.05) is 0 Å². The van der Waals surface area contributed by atoms with Gasteiger partial charge in [0.25, 0.3) is 0 Å². The van der Waals surface area contributed by atoms with Gasteiger partial charge in [0.1, 0.15) is 15.2 Å². The number of hydrogen-bond donors (Lipinski definition) is 0. The molecule has 0 spiro atoms. The van der Waals surface area contributed by atoms with E-state index in [-0.39, 0.29) is 0 Å². The zero-order valence-electron chi connectivity index (χ0n) is 28.3. The lowest BCUT2D eigenvalue weighted by atomic mass is 10.4. The summed E-state index contributed by atoms with van der Waals surface area (Å²) < 4.78 is 1.05. The Morgan fingerprint density at radius 2 is 0.521 bits per heavy atom.